The van der Waals surface area contributed by atoms with Gasteiger partial charge >= 0.3 is 5.97 Å². The number of hydrogen-bond acceptors (Lipinski definition) is 5. The van der Waals surface area contributed by atoms with E-state index in [4.69, 9.17) is 0 Å². The standard InChI is InChI=1S/C25H23N5O2S/c1-16-2-4-17(5-3-16)6-8-20-21-14-18(25(31)32)7-9-22(21)30(12-10-23-26-28-29-27-23)24(20)19-11-13-33-15-19/h2-5,7,9,11,13-15H,6,8,10,12H2,1H3,(H,31,32)(H,26,27,28,29). The number of aryl methyl sites for hydroxylation is 5. The molecule has 2 N–H and O–H groups in total. The number of benzene rings is 2. The third kappa shape index (κ3) is 4.29. The van der Waals surface area contributed by atoms with Gasteiger partial charge in [0, 0.05) is 34.8 Å². The number of tetrazole rings is 1. The van der Waals surface area contributed by atoms with Crippen LogP contribution in [0.4, 0.5) is 0 Å². The van der Waals surface area contributed by atoms with Gasteiger partial charge in [0.2, 0.25) is 0 Å². The van der Waals surface area contributed by atoms with Crippen molar-refractivity contribution in [2.24, 2.45) is 0 Å². The molecule has 0 bridgehead atoms. The van der Waals surface area contributed by atoms with Crippen LogP contribution in [-0.2, 0) is 25.8 Å². The number of nitrogens with one attached hydrogen (secondary N) is 1. The van der Waals surface area contributed by atoms with Crippen LogP contribution in [0.1, 0.15) is 32.9 Å². The van der Waals surface area contributed by atoms with E-state index in [1.807, 2.05) is 12.1 Å². The maximum Gasteiger partial charge on any atom is 0.335 e. The van der Waals surface area contributed by atoms with Crippen molar-refractivity contribution in [3.63, 3.8) is 0 Å². The molecule has 0 amide bonds. The Kier molecular flexibility index (Phi) is 5.75. The van der Waals surface area contributed by atoms with Crippen LogP contribution in [0, 0.1) is 6.92 Å². The molecule has 0 spiro atoms. The van der Waals surface area contributed by atoms with Crippen LogP contribution in [0.2, 0.25) is 0 Å². The van der Waals surface area contributed by atoms with Crippen molar-refractivity contribution in [3.8, 4) is 11.3 Å². The molecule has 0 atom stereocenters. The van der Waals surface area contributed by atoms with Gasteiger partial charge in [-0.25, -0.2) is 4.79 Å². The van der Waals surface area contributed by atoms with Crippen LogP contribution in [0.25, 0.3) is 22.2 Å². The third-order valence-electron chi connectivity index (χ3n) is 5.94. The lowest BCUT2D eigenvalue weighted by atomic mass is 9.98. The number of carboxylic acids is 1. The van der Waals surface area contributed by atoms with Gasteiger partial charge in [-0.3, -0.25) is 0 Å². The zero-order chi connectivity index (χ0) is 22.8. The highest BCUT2D eigenvalue weighted by atomic mass is 32.1. The summed E-state index contributed by atoms with van der Waals surface area (Å²) in [6.07, 6.45) is 2.30. The monoisotopic (exact) mass is 457 g/mol. The Hall–Kier alpha value is -3.78. The average molecular weight is 458 g/mol. The molecule has 3 aromatic heterocycles. The summed E-state index contributed by atoms with van der Waals surface area (Å²) in [5, 5.41) is 29.2. The molecule has 33 heavy (non-hydrogen) atoms. The second-order valence-electron chi connectivity index (χ2n) is 8.09. The van der Waals surface area contributed by atoms with E-state index in [1.54, 1.807) is 17.4 Å². The fourth-order valence-electron chi connectivity index (χ4n) is 4.30. The smallest absolute Gasteiger partial charge is 0.335 e. The minimum Gasteiger partial charge on any atom is -0.478 e. The lowest BCUT2D eigenvalue weighted by molar-refractivity contribution is 0.0697. The quantitative estimate of drug-likeness (QED) is 0.345. The lowest BCUT2D eigenvalue weighted by Gasteiger charge is -2.11. The van der Waals surface area contributed by atoms with E-state index in [2.05, 4.69) is 73.2 Å². The molecule has 166 valence electrons. The molecule has 0 saturated heterocycles. The second-order valence-corrected chi connectivity index (χ2v) is 8.87. The van der Waals surface area contributed by atoms with Crippen molar-refractivity contribution in [1.29, 1.82) is 0 Å². The van der Waals surface area contributed by atoms with E-state index in [0.29, 0.717) is 24.4 Å². The summed E-state index contributed by atoms with van der Waals surface area (Å²) in [5.74, 6) is -0.269. The molecule has 8 heteroatoms. The van der Waals surface area contributed by atoms with Gasteiger partial charge in [-0.15, -0.1) is 10.2 Å². The molecule has 5 rings (SSSR count). The summed E-state index contributed by atoms with van der Waals surface area (Å²) < 4.78 is 2.27. The van der Waals surface area contributed by atoms with Gasteiger partial charge in [-0.1, -0.05) is 35.0 Å². The number of fused-ring (bicyclic) bond motifs is 1. The average Bonchev–Trinajstić information content (AvgIpc) is 3.57. The first kappa shape index (κ1) is 21.1. The molecule has 0 aliphatic heterocycles. The summed E-state index contributed by atoms with van der Waals surface area (Å²) in [4.78, 5) is 11.7. The predicted octanol–water partition coefficient (Wildman–Crippen LogP) is 4.92. The second kappa shape index (κ2) is 8.99. The van der Waals surface area contributed by atoms with Gasteiger partial charge in [-0.2, -0.15) is 16.6 Å². The van der Waals surface area contributed by atoms with Crippen LogP contribution >= 0.6 is 11.3 Å². The highest BCUT2D eigenvalue weighted by Crippen LogP contribution is 2.36. The highest BCUT2D eigenvalue weighted by molar-refractivity contribution is 7.08. The van der Waals surface area contributed by atoms with E-state index in [-0.39, 0.29) is 0 Å². The van der Waals surface area contributed by atoms with Crippen LogP contribution in [0.15, 0.2) is 59.3 Å². The largest absolute Gasteiger partial charge is 0.478 e. The lowest BCUT2D eigenvalue weighted by Crippen LogP contribution is -2.05. The number of H-pyrrole nitrogens is 1. The fraction of sp³-hybridized carbons (Fsp3) is 0.200. The van der Waals surface area contributed by atoms with Crippen LogP contribution < -0.4 is 0 Å². The molecule has 2 aromatic carbocycles. The van der Waals surface area contributed by atoms with E-state index in [1.165, 1.54) is 16.7 Å². The Labute approximate surface area is 194 Å². The summed E-state index contributed by atoms with van der Waals surface area (Å²) in [5.41, 5.74) is 7.25. The van der Waals surface area contributed by atoms with Gasteiger partial charge in [-0.05, 0) is 60.5 Å². The van der Waals surface area contributed by atoms with Crippen molar-refractivity contribution in [3.05, 3.63) is 87.4 Å². The number of carbonyl (C=O) groups is 1. The third-order valence-corrected chi connectivity index (χ3v) is 6.63. The first-order chi connectivity index (χ1) is 16.1. The zero-order valence-corrected chi connectivity index (χ0v) is 19.0. The van der Waals surface area contributed by atoms with Gasteiger partial charge in [0.05, 0.1) is 11.3 Å². The molecule has 0 fully saturated rings. The Morgan fingerprint density at radius 3 is 2.64 bits per heavy atom. The Morgan fingerprint density at radius 1 is 1.09 bits per heavy atom. The number of rotatable bonds is 8. The maximum absolute atomic E-state index is 11.7. The van der Waals surface area contributed by atoms with E-state index in [9.17, 15) is 9.90 Å². The van der Waals surface area contributed by atoms with Crippen LogP contribution in [0.5, 0.6) is 0 Å². The molecule has 0 saturated carbocycles. The Balaban J connectivity index is 1.64. The number of aromatic nitrogens is 5. The summed E-state index contributed by atoms with van der Waals surface area (Å²) in [6.45, 7) is 2.75. The van der Waals surface area contributed by atoms with Crippen molar-refractivity contribution < 1.29 is 9.90 Å². The van der Waals surface area contributed by atoms with Gasteiger partial charge in [0.1, 0.15) is 0 Å². The number of aromatic carboxylic acids is 1. The van der Waals surface area contributed by atoms with Gasteiger partial charge < -0.3 is 9.67 Å². The molecular weight excluding hydrogens is 434 g/mol. The van der Waals surface area contributed by atoms with Crippen LogP contribution in [0.3, 0.4) is 0 Å². The van der Waals surface area contributed by atoms with Crippen molar-refractivity contribution in [1.82, 2.24) is 25.2 Å². The van der Waals surface area contributed by atoms with E-state index in [0.717, 1.165) is 35.0 Å². The fourth-order valence-corrected chi connectivity index (χ4v) is 4.94. The molecule has 0 aliphatic carbocycles. The normalized spacial score (nSPS) is 11.3. The highest BCUT2D eigenvalue weighted by Gasteiger charge is 2.20. The molecule has 3 heterocycles. The van der Waals surface area contributed by atoms with Crippen molar-refractivity contribution in [2.45, 2.75) is 32.7 Å². The van der Waals surface area contributed by atoms with Gasteiger partial charge in [0.25, 0.3) is 0 Å². The Morgan fingerprint density at radius 2 is 1.94 bits per heavy atom. The minimum atomic E-state index is -0.919. The van der Waals surface area contributed by atoms with E-state index < -0.39 is 5.97 Å². The zero-order valence-electron chi connectivity index (χ0n) is 18.2. The summed E-state index contributed by atoms with van der Waals surface area (Å²) >= 11 is 1.65. The summed E-state index contributed by atoms with van der Waals surface area (Å²) in [6, 6.07) is 16.1. The van der Waals surface area contributed by atoms with Gasteiger partial charge in [0.15, 0.2) is 5.82 Å². The van der Waals surface area contributed by atoms with Crippen LogP contribution in [-0.4, -0.2) is 36.3 Å². The number of aromatic amines is 1. The molecular formula is C25H23N5O2S. The minimum absolute atomic E-state index is 0.297. The first-order valence-electron chi connectivity index (χ1n) is 10.8. The van der Waals surface area contributed by atoms with E-state index >= 15 is 0 Å². The molecule has 5 aromatic rings. The number of nitrogens with zero attached hydrogens (tertiary/aromatic N) is 4. The SMILES string of the molecule is Cc1ccc(CCc2c(-c3ccsc3)n(CCc3nn[nH]n3)c3ccc(C(=O)O)cc23)cc1. The molecule has 0 radical (unpaired) electrons. The number of carboxylic acid groups (broad SMARTS) is 1. The first-order valence-corrected chi connectivity index (χ1v) is 11.7. The van der Waals surface area contributed by atoms with Crippen molar-refractivity contribution in [2.75, 3.05) is 0 Å². The molecule has 7 nitrogen and oxygen atoms in total. The number of hydrogen-bond donors (Lipinski definition) is 2. The van der Waals surface area contributed by atoms with Crippen molar-refractivity contribution >= 4 is 28.2 Å². The maximum atomic E-state index is 11.7. The summed E-state index contributed by atoms with van der Waals surface area (Å²) in [7, 11) is 0. The molecule has 0 unspecified atom stereocenters. The Bertz CT molecular complexity index is 1390. The number of thiophene rings is 1. The molecule has 0 aliphatic rings. The topological polar surface area (TPSA) is 96.7 Å². The predicted molar refractivity (Wildman–Crippen MR) is 129 cm³/mol.